The van der Waals surface area contributed by atoms with E-state index in [-0.39, 0.29) is 12.3 Å². The summed E-state index contributed by atoms with van der Waals surface area (Å²) < 4.78 is 11.5. The summed E-state index contributed by atoms with van der Waals surface area (Å²) in [6.07, 6.45) is 4.09. The molecule has 3 aromatic rings. The number of carboxylic acids is 1. The first kappa shape index (κ1) is 20.0. The molecule has 1 aliphatic heterocycles. The van der Waals surface area contributed by atoms with Crippen molar-refractivity contribution in [1.29, 1.82) is 5.41 Å². The molecule has 2 atom stereocenters. The molecule has 7 heteroatoms. The zero-order chi connectivity index (χ0) is 21.1. The van der Waals surface area contributed by atoms with Crippen molar-refractivity contribution in [2.75, 3.05) is 13.2 Å². The molecule has 1 aliphatic rings. The number of hydrogen-bond donors (Lipinski definition) is 4. The Morgan fingerprint density at radius 2 is 2.10 bits per heavy atom. The predicted octanol–water partition coefficient (Wildman–Crippen LogP) is 3.26. The van der Waals surface area contributed by atoms with Crippen LogP contribution in [-0.4, -0.2) is 36.1 Å². The Morgan fingerprint density at radius 3 is 2.77 bits per heavy atom. The van der Waals surface area contributed by atoms with E-state index < -0.39 is 11.9 Å². The van der Waals surface area contributed by atoms with E-state index in [1.165, 1.54) is 6.42 Å². The number of rotatable bonds is 8. The maximum absolute atomic E-state index is 12.0. The summed E-state index contributed by atoms with van der Waals surface area (Å²) in [4.78, 5) is 12.0. The number of fused-ring (bicyclic) bond motifs is 1. The second-order valence-electron chi connectivity index (χ2n) is 7.64. The van der Waals surface area contributed by atoms with Gasteiger partial charge in [0.05, 0.1) is 12.2 Å². The van der Waals surface area contributed by atoms with Gasteiger partial charge in [0.2, 0.25) is 0 Å². The fourth-order valence-corrected chi connectivity index (χ4v) is 3.86. The molecule has 2 aromatic carbocycles. The first-order valence-corrected chi connectivity index (χ1v) is 10.0. The number of ether oxygens (including phenoxy) is 1. The second-order valence-corrected chi connectivity index (χ2v) is 7.64. The van der Waals surface area contributed by atoms with Crippen LogP contribution in [-0.2, 0) is 11.2 Å². The summed E-state index contributed by atoms with van der Waals surface area (Å²) in [5.41, 5.74) is 6.84. The van der Waals surface area contributed by atoms with Crippen LogP contribution in [0.15, 0.2) is 53.1 Å². The fraction of sp³-hybridized carbons (Fsp3) is 0.304. The van der Waals surface area contributed by atoms with Gasteiger partial charge >= 0.3 is 5.97 Å². The van der Waals surface area contributed by atoms with Gasteiger partial charge in [-0.1, -0.05) is 24.3 Å². The van der Waals surface area contributed by atoms with Gasteiger partial charge in [0.25, 0.3) is 0 Å². The van der Waals surface area contributed by atoms with Gasteiger partial charge in [-0.3, -0.25) is 10.2 Å². The van der Waals surface area contributed by atoms with Crippen molar-refractivity contribution >= 4 is 22.6 Å². The van der Waals surface area contributed by atoms with Gasteiger partial charge in [-0.05, 0) is 43.1 Å². The van der Waals surface area contributed by atoms with Gasteiger partial charge in [0, 0.05) is 28.8 Å². The Balaban J connectivity index is 1.49. The first-order chi connectivity index (χ1) is 14.5. The van der Waals surface area contributed by atoms with Crippen LogP contribution in [0.3, 0.4) is 0 Å². The minimum Gasteiger partial charge on any atom is -0.492 e. The van der Waals surface area contributed by atoms with Gasteiger partial charge in [-0.25, -0.2) is 0 Å². The number of hydrogen-bond acceptors (Lipinski definition) is 5. The Morgan fingerprint density at radius 1 is 1.30 bits per heavy atom. The number of nitrogens with one attached hydrogen (secondary N) is 2. The topological polar surface area (TPSA) is 122 Å². The molecule has 4 rings (SSSR count). The monoisotopic (exact) mass is 407 g/mol. The van der Waals surface area contributed by atoms with Gasteiger partial charge in [-0.15, -0.1) is 0 Å². The number of furan rings is 1. The lowest BCUT2D eigenvalue weighted by Crippen LogP contribution is -2.28. The standard InChI is InChI=1S/C23H25N3O4/c24-22(25)15-5-8-19-16(10-15)12-30-21(19)11-20(23(27)28)14-3-6-18(7-4-14)29-13-17-2-1-9-26-17/h3-8,10,12,17,20,26H,1-2,9,11,13H2,(H3,24,25)(H,27,28)/t17-,20?/m0/s1. The Hall–Kier alpha value is -3.32. The van der Waals surface area contributed by atoms with E-state index >= 15 is 0 Å². The highest BCUT2D eigenvalue weighted by atomic mass is 16.5. The van der Waals surface area contributed by atoms with Crippen molar-refractivity contribution in [3.63, 3.8) is 0 Å². The molecule has 2 heterocycles. The number of nitrogen functional groups attached to an aromatic ring is 1. The van der Waals surface area contributed by atoms with Crippen molar-refractivity contribution in [3.05, 3.63) is 65.6 Å². The Bertz CT molecular complexity index is 1050. The minimum atomic E-state index is -0.913. The fourth-order valence-electron chi connectivity index (χ4n) is 3.86. The molecule has 1 saturated heterocycles. The normalized spacial score (nSPS) is 17.1. The molecule has 1 fully saturated rings. The summed E-state index contributed by atoms with van der Waals surface area (Å²) in [5, 5.41) is 22.4. The van der Waals surface area contributed by atoms with Crippen molar-refractivity contribution in [3.8, 4) is 5.75 Å². The average molecular weight is 407 g/mol. The van der Waals surface area contributed by atoms with Crippen LogP contribution in [0.25, 0.3) is 10.8 Å². The lowest BCUT2D eigenvalue weighted by atomic mass is 9.93. The molecule has 0 aliphatic carbocycles. The van der Waals surface area contributed by atoms with Crippen LogP contribution in [0, 0.1) is 5.41 Å². The third-order valence-electron chi connectivity index (χ3n) is 5.57. The van der Waals surface area contributed by atoms with Crippen molar-refractivity contribution in [1.82, 2.24) is 5.32 Å². The van der Waals surface area contributed by atoms with Crippen LogP contribution < -0.4 is 15.8 Å². The summed E-state index contributed by atoms with van der Waals surface area (Å²) in [5.74, 6) is -0.341. The molecule has 7 nitrogen and oxygen atoms in total. The van der Waals surface area contributed by atoms with E-state index in [4.69, 9.17) is 20.3 Å². The van der Waals surface area contributed by atoms with E-state index in [0.717, 1.165) is 29.5 Å². The van der Waals surface area contributed by atoms with Crippen LogP contribution in [0.1, 0.15) is 35.6 Å². The molecule has 1 unspecified atom stereocenters. The van der Waals surface area contributed by atoms with Gasteiger partial charge < -0.3 is 25.3 Å². The molecule has 0 bridgehead atoms. The summed E-state index contributed by atoms with van der Waals surface area (Å²) in [7, 11) is 0. The summed E-state index contributed by atoms with van der Waals surface area (Å²) in [6.45, 7) is 1.65. The highest BCUT2D eigenvalue weighted by Gasteiger charge is 2.23. The lowest BCUT2D eigenvalue weighted by molar-refractivity contribution is -0.138. The van der Waals surface area contributed by atoms with Gasteiger partial charge in [0.15, 0.2) is 0 Å². The Labute approximate surface area is 174 Å². The quantitative estimate of drug-likeness (QED) is 0.336. The third-order valence-corrected chi connectivity index (χ3v) is 5.57. The van der Waals surface area contributed by atoms with Crippen molar-refractivity contribution < 1.29 is 19.1 Å². The van der Waals surface area contributed by atoms with Gasteiger partial charge in [-0.2, -0.15) is 0 Å². The number of carbonyl (C=O) groups is 1. The van der Waals surface area contributed by atoms with E-state index in [0.29, 0.717) is 29.5 Å². The zero-order valence-electron chi connectivity index (χ0n) is 16.6. The van der Waals surface area contributed by atoms with E-state index in [1.807, 2.05) is 18.2 Å². The molecule has 0 spiro atoms. The number of amidine groups is 1. The number of nitrogens with two attached hydrogens (primary N) is 1. The third kappa shape index (κ3) is 4.31. The molecule has 156 valence electrons. The van der Waals surface area contributed by atoms with E-state index in [2.05, 4.69) is 5.32 Å². The minimum absolute atomic E-state index is 0.0194. The SMILES string of the molecule is N=C(N)c1ccc2c(CC(C(=O)O)c3ccc(OC[C@@H]4CCCN4)cc3)occ2c1. The molecule has 0 amide bonds. The zero-order valence-corrected chi connectivity index (χ0v) is 16.6. The second kappa shape index (κ2) is 8.59. The highest BCUT2D eigenvalue weighted by Crippen LogP contribution is 2.29. The number of carboxylic acid groups (broad SMARTS) is 1. The molecule has 30 heavy (non-hydrogen) atoms. The summed E-state index contributed by atoms with van der Waals surface area (Å²) >= 11 is 0. The molecular formula is C23H25N3O4. The maximum Gasteiger partial charge on any atom is 0.311 e. The van der Waals surface area contributed by atoms with E-state index in [9.17, 15) is 9.90 Å². The smallest absolute Gasteiger partial charge is 0.311 e. The largest absolute Gasteiger partial charge is 0.492 e. The van der Waals surface area contributed by atoms with Crippen molar-refractivity contribution in [2.24, 2.45) is 5.73 Å². The maximum atomic E-state index is 12.0. The predicted molar refractivity (Wildman–Crippen MR) is 114 cm³/mol. The van der Waals surface area contributed by atoms with E-state index in [1.54, 1.807) is 30.5 Å². The lowest BCUT2D eigenvalue weighted by Gasteiger charge is -2.14. The molecule has 0 radical (unpaired) electrons. The van der Waals surface area contributed by atoms with Crippen LogP contribution >= 0.6 is 0 Å². The van der Waals surface area contributed by atoms with Crippen LogP contribution in [0.5, 0.6) is 5.75 Å². The first-order valence-electron chi connectivity index (χ1n) is 10.0. The highest BCUT2D eigenvalue weighted by molar-refractivity contribution is 5.99. The molecular weight excluding hydrogens is 382 g/mol. The van der Waals surface area contributed by atoms with Crippen molar-refractivity contribution in [2.45, 2.75) is 31.2 Å². The number of benzene rings is 2. The number of aliphatic carboxylic acids is 1. The molecule has 5 N–H and O–H groups in total. The van der Waals surface area contributed by atoms with Crippen LogP contribution in [0.2, 0.25) is 0 Å². The Kier molecular flexibility index (Phi) is 5.72. The summed E-state index contributed by atoms with van der Waals surface area (Å²) in [6, 6.07) is 12.9. The van der Waals surface area contributed by atoms with Gasteiger partial charge in [0.1, 0.15) is 24.0 Å². The van der Waals surface area contributed by atoms with Crippen LogP contribution in [0.4, 0.5) is 0 Å². The molecule has 1 aromatic heterocycles. The molecule has 0 saturated carbocycles. The average Bonchev–Trinajstić information content (AvgIpc) is 3.40.